The van der Waals surface area contributed by atoms with E-state index in [1.165, 1.54) is 12.5 Å². The average Bonchev–Trinajstić information content (AvgIpc) is 2.75. The quantitative estimate of drug-likeness (QED) is 0.588. The molecule has 2 saturated heterocycles. The summed E-state index contributed by atoms with van der Waals surface area (Å²) in [5.74, 6) is -0.193. The summed E-state index contributed by atoms with van der Waals surface area (Å²) in [6, 6.07) is 0.407. The van der Waals surface area contributed by atoms with Crippen molar-refractivity contribution < 1.29 is 14.6 Å². The molecule has 0 bridgehead atoms. The number of hydrogen-bond donors (Lipinski definition) is 1. The normalized spacial score (nSPS) is 32.3. The molecule has 0 amide bonds. The first kappa shape index (κ1) is 12.6. The number of carbonyl (C=O) groups excluding carboxylic acids is 1. The fourth-order valence-electron chi connectivity index (χ4n) is 2.96. The van der Waals surface area contributed by atoms with Gasteiger partial charge in [-0.2, -0.15) is 0 Å². The number of rotatable bonds is 3. The molecule has 0 saturated carbocycles. The van der Waals surface area contributed by atoms with Gasteiger partial charge < -0.3 is 9.84 Å². The van der Waals surface area contributed by atoms with E-state index in [9.17, 15) is 9.90 Å². The van der Waals surface area contributed by atoms with Crippen LogP contribution in [-0.2, 0) is 9.53 Å². The summed E-state index contributed by atoms with van der Waals surface area (Å²) in [5.41, 5.74) is 0.939. The Morgan fingerprint density at radius 3 is 2.94 bits per heavy atom. The van der Waals surface area contributed by atoms with Gasteiger partial charge >= 0.3 is 5.97 Å². The van der Waals surface area contributed by atoms with E-state index in [1.807, 2.05) is 13.8 Å². The molecule has 0 aromatic rings. The van der Waals surface area contributed by atoms with E-state index in [2.05, 4.69) is 4.90 Å². The fraction of sp³-hybridized carbons (Fsp3) is 0.769. The van der Waals surface area contributed by atoms with Gasteiger partial charge in [-0.1, -0.05) is 5.57 Å². The molecule has 2 heterocycles. The average molecular weight is 239 g/mol. The first-order chi connectivity index (χ1) is 8.11. The summed E-state index contributed by atoms with van der Waals surface area (Å²) in [6.45, 7) is 5.69. The predicted molar refractivity (Wildman–Crippen MR) is 64.5 cm³/mol. The number of esters is 1. The monoisotopic (exact) mass is 239 g/mol. The van der Waals surface area contributed by atoms with Crippen LogP contribution in [0.3, 0.4) is 0 Å². The number of nitrogens with zero attached hydrogens (tertiary/aromatic N) is 1. The first-order valence-corrected chi connectivity index (χ1v) is 6.32. The molecule has 0 aromatic heterocycles. The molecule has 3 atom stereocenters. The van der Waals surface area contributed by atoms with Crippen LogP contribution in [-0.4, -0.2) is 47.8 Å². The Labute approximate surface area is 102 Å². The van der Waals surface area contributed by atoms with Gasteiger partial charge in [0.15, 0.2) is 0 Å². The summed E-state index contributed by atoms with van der Waals surface area (Å²) in [5, 5.41) is 9.44. The second-order valence-corrected chi connectivity index (χ2v) is 5.25. The second-order valence-electron chi connectivity index (χ2n) is 5.25. The Balaban J connectivity index is 1.97. The number of fused-ring (bicyclic) bond motifs is 1. The van der Waals surface area contributed by atoms with E-state index in [0.29, 0.717) is 6.04 Å². The van der Waals surface area contributed by atoms with Crippen LogP contribution in [0.1, 0.15) is 26.7 Å². The molecule has 96 valence electrons. The highest BCUT2D eigenvalue weighted by Crippen LogP contribution is 2.34. The lowest BCUT2D eigenvalue weighted by molar-refractivity contribution is -0.144. The van der Waals surface area contributed by atoms with Crippen LogP contribution in [0, 0.1) is 5.92 Å². The largest absolute Gasteiger partial charge is 0.457 e. The van der Waals surface area contributed by atoms with E-state index in [4.69, 9.17) is 4.74 Å². The Kier molecular flexibility index (Phi) is 3.84. The molecule has 3 unspecified atom stereocenters. The van der Waals surface area contributed by atoms with Gasteiger partial charge in [0.05, 0.1) is 6.61 Å². The highest BCUT2D eigenvalue weighted by Gasteiger charge is 2.45. The molecule has 0 radical (unpaired) electrons. The smallest absolute Gasteiger partial charge is 0.331 e. The summed E-state index contributed by atoms with van der Waals surface area (Å²) < 4.78 is 5.45. The highest BCUT2D eigenvalue weighted by molar-refractivity contribution is 5.82. The molecular formula is C13H21NO3. The van der Waals surface area contributed by atoms with Gasteiger partial charge in [0.1, 0.15) is 6.10 Å². The van der Waals surface area contributed by atoms with Crippen LogP contribution in [0.15, 0.2) is 11.6 Å². The summed E-state index contributed by atoms with van der Waals surface area (Å²) >= 11 is 0. The summed E-state index contributed by atoms with van der Waals surface area (Å²) in [7, 11) is 0. The van der Waals surface area contributed by atoms with Crippen molar-refractivity contribution in [1.82, 2.24) is 4.90 Å². The minimum atomic E-state index is -0.283. The maximum Gasteiger partial charge on any atom is 0.331 e. The molecule has 4 heteroatoms. The predicted octanol–water partition coefficient (Wildman–Crippen LogP) is 0.951. The number of allylic oxidation sites excluding steroid dienone is 1. The van der Waals surface area contributed by atoms with Gasteiger partial charge in [0.2, 0.25) is 0 Å². The van der Waals surface area contributed by atoms with Crippen molar-refractivity contribution in [3.63, 3.8) is 0 Å². The number of aliphatic hydroxyl groups is 1. The molecule has 0 aliphatic carbocycles. The van der Waals surface area contributed by atoms with Crippen molar-refractivity contribution in [2.24, 2.45) is 5.92 Å². The third kappa shape index (κ3) is 2.69. The maximum atomic E-state index is 11.6. The number of ether oxygens (including phenoxy) is 1. The van der Waals surface area contributed by atoms with Gasteiger partial charge in [-0.25, -0.2) is 4.79 Å². The van der Waals surface area contributed by atoms with Crippen molar-refractivity contribution in [1.29, 1.82) is 0 Å². The number of aliphatic hydroxyl groups excluding tert-OH is 1. The molecule has 17 heavy (non-hydrogen) atoms. The minimum Gasteiger partial charge on any atom is -0.457 e. The first-order valence-electron chi connectivity index (χ1n) is 6.32. The summed E-state index contributed by atoms with van der Waals surface area (Å²) in [4.78, 5) is 13.9. The van der Waals surface area contributed by atoms with Crippen molar-refractivity contribution in [3.05, 3.63) is 11.6 Å². The maximum absolute atomic E-state index is 11.6. The van der Waals surface area contributed by atoms with Crippen molar-refractivity contribution in [3.8, 4) is 0 Å². The van der Waals surface area contributed by atoms with Crippen molar-refractivity contribution >= 4 is 5.97 Å². The van der Waals surface area contributed by atoms with Crippen LogP contribution in [0.5, 0.6) is 0 Å². The molecule has 2 rings (SSSR count). The number of carbonyl (C=O) groups is 1. The minimum absolute atomic E-state index is 0.0898. The second kappa shape index (κ2) is 5.19. The van der Waals surface area contributed by atoms with Crippen LogP contribution in [0.2, 0.25) is 0 Å². The zero-order chi connectivity index (χ0) is 12.4. The van der Waals surface area contributed by atoms with Crippen molar-refractivity contribution in [2.75, 3.05) is 19.7 Å². The van der Waals surface area contributed by atoms with Crippen LogP contribution < -0.4 is 0 Å². The van der Waals surface area contributed by atoms with E-state index in [1.54, 1.807) is 0 Å². The SMILES string of the molecule is CC(C)=CC(=O)OC1CN2CCCC2C1CO. The zero-order valence-electron chi connectivity index (χ0n) is 10.6. The van der Waals surface area contributed by atoms with Gasteiger partial charge in [0, 0.05) is 24.6 Å². The molecule has 0 aromatic carbocycles. The molecular weight excluding hydrogens is 218 g/mol. The topological polar surface area (TPSA) is 49.8 Å². The molecule has 2 aliphatic rings. The number of hydrogen-bond acceptors (Lipinski definition) is 4. The van der Waals surface area contributed by atoms with E-state index >= 15 is 0 Å². The fourth-order valence-corrected chi connectivity index (χ4v) is 2.96. The standard InChI is InChI=1S/C13H21NO3/c1-9(2)6-13(16)17-12-7-14-5-3-4-11(14)10(12)8-15/h6,10-12,15H,3-5,7-8H2,1-2H3. The lowest BCUT2D eigenvalue weighted by Gasteiger charge is -2.20. The van der Waals surface area contributed by atoms with Gasteiger partial charge in [-0.15, -0.1) is 0 Å². The van der Waals surface area contributed by atoms with E-state index in [-0.39, 0.29) is 24.6 Å². The Morgan fingerprint density at radius 2 is 2.29 bits per heavy atom. The molecule has 0 spiro atoms. The molecule has 4 nitrogen and oxygen atoms in total. The lowest BCUT2D eigenvalue weighted by atomic mass is 9.97. The third-order valence-electron chi connectivity index (χ3n) is 3.69. The highest BCUT2D eigenvalue weighted by atomic mass is 16.5. The zero-order valence-corrected chi connectivity index (χ0v) is 10.6. The van der Waals surface area contributed by atoms with Gasteiger partial charge in [0.25, 0.3) is 0 Å². The van der Waals surface area contributed by atoms with Crippen molar-refractivity contribution in [2.45, 2.75) is 38.8 Å². The van der Waals surface area contributed by atoms with E-state index < -0.39 is 0 Å². The van der Waals surface area contributed by atoms with Crippen LogP contribution >= 0.6 is 0 Å². The third-order valence-corrected chi connectivity index (χ3v) is 3.69. The van der Waals surface area contributed by atoms with Crippen LogP contribution in [0.25, 0.3) is 0 Å². The van der Waals surface area contributed by atoms with Gasteiger partial charge in [-0.05, 0) is 33.2 Å². The molecule has 1 N–H and O–H groups in total. The van der Waals surface area contributed by atoms with E-state index in [0.717, 1.165) is 25.1 Å². The molecule has 2 fully saturated rings. The van der Waals surface area contributed by atoms with Gasteiger partial charge in [-0.3, -0.25) is 4.90 Å². The molecule has 2 aliphatic heterocycles. The summed E-state index contributed by atoms with van der Waals surface area (Å²) in [6.07, 6.45) is 3.67. The lowest BCUT2D eigenvalue weighted by Crippen LogP contribution is -2.31. The van der Waals surface area contributed by atoms with Crippen LogP contribution in [0.4, 0.5) is 0 Å². The Morgan fingerprint density at radius 1 is 1.53 bits per heavy atom. The Hall–Kier alpha value is -0.870. The Bertz CT molecular complexity index is 323.